The van der Waals surface area contributed by atoms with E-state index in [1.807, 2.05) is 6.20 Å². The maximum atomic E-state index is 4.34. The SMILES string of the molecule is CCCNC(CC1CC2CCC1C2)c1ccnc(C)c1. The summed E-state index contributed by atoms with van der Waals surface area (Å²) in [7, 11) is 0. The molecule has 2 bridgehead atoms. The van der Waals surface area contributed by atoms with E-state index < -0.39 is 0 Å². The van der Waals surface area contributed by atoms with Crippen molar-refractivity contribution in [1.29, 1.82) is 0 Å². The van der Waals surface area contributed by atoms with Crippen molar-refractivity contribution in [2.45, 2.75) is 58.4 Å². The Hall–Kier alpha value is -0.890. The fourth-order valence-corrected chi connectivity index (χ4v) is 4.41. The molecular weight excluding hydrogens is 244 g/mol. The molecule has 110 valence electrons. The number of fused-ring (bicyclic) bond motifs is 2. The van der Waals surface area contributed by atoms with Gasteiger partial charge in [-0.05, 0) is 81.0 Å². The van der Waals surface area contributed by atoms with Crippen molar-refractivity contribution in [3.63, 3.8) is 0 Å². The minimum atomic E-state index is 0.529. The summed E-state index contributed by atoms with van der Waals surface area (Å²) < 4.78 is 0. The van der Waals surface area contributed by atoms with Gasteiger partial charge in [-0.2, -0.15) is 0 Å². The minimum absolute atomic E-state index is 0.529. The molecule has 0 aliphatic heterocycles. The monoisotopic (exact) mass is 272 g/mol. The first-order valence-corrected chi connectivity index (χ1v) is 8.42. The van der Waals surface area contributed by atoms with E-state index in [-0.39, 0.29) is 0 Å². The summed E-state index contributed by atoms with van der Waals surface area (Å²) in [6.07, 6.45) is 10.5. The Bertz CT molecular complexity index is 443. The number of hydrogen-bond acceptors (Lipinski definition) is 2. The Morgan fingerprint density at radius 3 is 2.90 bits per heavy atom. The molecular formula is C18H28N2. The fraction of sp³-hybridized carbons (Fsp3) is 0.722. The van der Waals surface area contributed by atoms with Crippen molar-refractivity contribution in [1.82, 2.24) is 10.3 Å². The molecule has 4 atom stereocenters. The van der Waals surface area contributed by atoms with Gasteiger partial charge in [0, 0.05) is 17.9 Å². The van der Waals surface area contributed by atoms with Crippen LogP contribution in [-0.2, 0) is 0 Å². The summed E-state index contributed by atoms with van der Waals surface area (Å²) in [5, 5.41) is 3.77. The van der Waals surface area contributed by atoms with Crippen molar-refractivity contribution in [3.05, 3.63) is 29.6 Å². The minimum Gasteiger partial charge on any atom is -0.310 e. The Labute approximate surface area is 123 Å². The first kappa shape index (κ1) is 14.1. The summed E-state index contributed by atoms with van der Waals surface area (Å²) in [6, 6.07) is 5.00. The van der Waals surface area contributed by atoms with Crippen molar-refractivity contribution in [3.8, 4) is 0 Å². The van der Waals surface area contributed by atoms with E-state index >= 15 is 0 Å². The van der Waals surface area contributed by atoms with Gasteiger partial charge in [-0.3, -0.25) is 4.98 Å². The van der Waals surface area contributed by atoms with E-state index in [2.05, 4.69) is 36.3 Å². The van der Waals surface area contributed by atoms with Crippen LogP contribution in [0.3, 0.4) is 0 Å². The fourth-order valence-electron chi connectivity index (χ4n) is 4.41. The average molecular weight is 272 g/mol. The van der Waals surface area contributed by atoms with Gasteiger partial charge in [-0.25, -0.2) is 0 Å². The lowest BCUT2D eigenvalue weighted by atomic mass is 9.83. The molecule has 1 aromatic rings. The molecule has 2 aliphatic carbocycles. The largest absolute Gasteiger partial charge is 0.310 e. The molecule has 0 radical (unpaired) electrons. The van der Waals surface area contributed by atoms with Crippen molar-refractivity contribution >= 4 is 0 Å². The van der Waals surface area contributed by atoms with Crippen molar-refractivity contribution in [2.75, 3.05) is 6.54 Å². The van der Waals surface area contributed by atoms with Crippen molar-refractivity contribution < 1.29 is 0 Å². The van der Waals surface area contributed by atoms with Gasteiger partial charge in [-0.15, -0.1) is 0 Å². The summed E-state index contributed by atoms with van der Waals surface area (Å²) in [6.45, 7) is 5.46. The second kappa shape index (κ2) is 6.26. The predicted octanol–water partition coefficient (Wildman–Crippen LogP) is 4.26. The first-order chi connectivity index (χ1) is 9.76. The predicted molar refractivity (Wildman–Crippen MR) is 83.6 cm³/mol. The van der Waals surface area contributed by atoms with Gasteiger partial charge in [-0.1, -0.05) is 13.3 Å². The van der Waals surface area contributed by atoms with Crippen LogP contribution >= 0.6 is 0 Å². The normalized spacial score (nSPS) is 29.8. The molecule has 2 nitrogen and oxygen atoms in total. The lowest BCUT2D eigenvalue weighted by molar-refractivity contribution is 0.279. The smallest absolute Gasteiger partial charge is 0.0375 e. The number of nitrogens with zero attached hydrogens (tertiary/aromatic N) is 1. The van der Waals surface area contributed by atoms with Crippen LogP contribution < -0.4 is 5.32 Å². The summed E-state index contributed by atoms with van der Waals surface area (Å²) in [5.74, 6) is 3.03. The lowest BCUT2D eigenvalue weighted by Crippen LogP contribution is -2.26. The highest BCUT2D eigenvalue weighted by molar-refractivity contribution is 5.20. The third kappa shape index (κ3) is 3.06. The van der Waals surface area contributed by atoms with E-state index in [0.29, 0.717) is 6.04 Å². The van der Waals surface area contributed by atoms with Gasteiger partial charge in [0.25, 0.3) is 0 Å². The van der Waals surface area contributed by atoms with Crippen molar-refractivity contribution in [2.24, 2.45) is 17.8 Å². The Kier molecular flexibility index (Phi) is 4.40. The Morgan fingerprint density at radius 1 is 1.35 bits per heavy atom. The number of rotatable bonds is 6. The molecule has 2 heteroatoms. The zero-order valence-corrected chi connectivity index (χ0v) is 12.9. The number of aromatic nitrogens is 1. The second-order valence-corrected chi connectivity index (χ2v) is 6.91. The summed E-state index contributed by atoms with van der Waals surface area (Å²) in [5.41, 5.74) is 2.58. The maximum absolute atomic E-state index is 4.34. The summed E-state index contributed by atoms with van der Waals surface area (Å²) >= 11 is 0. The molecule has 0 amide bonds. The molecule has 0 saturated heterocycles. The quantitative estimate of drug-likeness (QED) is 0.837. The highest BCUT2D eigenvalue weighted by Gasteiger charge is 2.40. The molecule has 4 unspecified atom stereocenters. The van der Waals surface area contributed by atoms with Gasteiger partial charge in [0.2, 0.25) is 0 Å². The third-order valence-corrected chi connectivity index (χ3v) is 5.39. The van der Waals surface area contributed by atoms with Crippen LogP contribution in [0.25, 0.3) is 0 Å². The van der Waals surface area contributed by atoms with Gasteiger partial charge in [0.1, 0.15) is 0 Å². The second-order valence-electron chi connectivity index (χ2n) is 6.91. The molecule has 1 heterocycles. The van der Waals surface area contributed by atoms with E-state index in [1.165, 1.54) is 44.1 Å². The molecule has 0 aromatic carbocycles. The molecule has 2 fully saturated rings. The number of nitrogens with one attached hydrogen (secondary N) is 1. The first-order valence-electron chi connectivity index (χ1n) is 8.42. The van der Waals surface area contributed by atoms with E-state index in [1.54, 1.807) is 0 Å². The van der Waals surface area contributed by atoms with Gasteiger partial charge < -0.3 is 5.32 Å². The standard InChI is InChI=1S/C18H28N2/c1-3-7-20-18(16-6-8-19-13(2)9-16)12-17-11-14-4-5-15(17)10-14/h6,8-9,14-15,17-18,20H,3-5,7,10-12H2,1-2H3. The van der Waals surface area contributed by atoms with Crippen LogP contribution in [0.15, 0.2) is 18.3 Å². The molecule has 2 saturated carbocycles. The number of pyridine rings is 1. The number of hydrogen-bond donors (Lipinski definition) is 1. The maximum Gasteiger partial charge on any atom is 0.0375 e. The Morgan fingerprint density at radius 2 is 2.25 bits per heavy atom. The molecule has 3 rings (SSSR count). The third-order valence-electron chi connectivity index (χ3n) is 5.39. The average Bonchev–Trinajstić information content (AvgIpc) is 3.06. The van der Waals surface area contributed by atoms with Gasteiger partial charge in [0.15, 0.2) is 0 Å². The Balaban J connectivity index is 1.69. The molecule has 2 aliphatic rings. The zero-order valence-electron chi connectivity index (χ0n) is 12.9. The van der Waals surface area contributed by atoms with Crippen LogP contribution in [0.4, 0.5) is 0 Å². The van der Waals surface area contributed by atoms with Gasteiger partial charge >= 0.3 is 0 Å². The molecule has 1 N–H and O–H groups in total. The summed E-state index contributed by atoms with van der Waals surface area (Å²) in [4.78, 5) is 4.34. The molecule has 0 spiro atoms. The van der Waals surface area contributed by atoms with Crippen LogP contribution in [-0.4, -0.2) is 11.5 Å². The lowest BCUT2D eigenvalue weighted by Gasteiger charge is -2.28. The van der Waals surface area contributed by atoms with Gasteiger partial charge in [0.05, 0.1) is 0 Å². The van der Waals surface area contributed by atoms with E-state index in [9.17, 15) is 0 Å². The van der Waals surface area contributed by atoms with Crippen LogP contribution in [0.2, 0.25) is 0 Å². The van der Waals surface area contributed by atoms with Crippen LogP contribution in [0, 0.1) is 24.7 Å². The highest BCUT2D eigenvalue weighted by Crippen LogP contribution is 2.50. The molecule has 20 heavy (non-hydrogen) atoms. The van der Waals surface area contributed by atoms with E-state index in [0.717, 1.165) is 30.0 Å². The van der Waals surface area contributed by atoms with Crippen LogP contribution in [0.5, 0.6) is 0 Å². The number of aryl methyl sites for hydroxylation is 1. The highest BCUT2D eigenvalue weighted by atomic mass is 14.9. The van der Waals surface area contributed by atoms with Crippen LogP contribution in [0.1, 0.15) is 62.7 Å². The topological polar surface area (TPSA) is 24.9 Å². The molecule has 1 aromatic heterocycles. The zero-order chi connectivity index (χ0) is 13.9. The van der Waals surface area contributed by atoms with E-state index in [4.69, 9.17) is 0 Å².